The lowest BCUT2D eigenvalue weighted by molar-refractivity contribution is -0.119. The van der Waals surface area contributed by atoms with Gasteiger partial charge in [0.25, 0.3) is 5.91 Å². The van der Waals surface area contributed by atoms with Crippen LogP contribution in [0.1, 0.15) is 5.56 Å². The van der Waals surface area contributed by atoms with E-state index in [1.807, 2.05) is 0 Å². The van der Waals surface area contributed by atoms with Crippen molar-refractivity contribution in [2.75, 3.05) is 24.2 Å². The fourth-order valence-corrected chi connectivity index (χ4v) is 3.50. The van der Waals surface area contributed by atoms with Crippen LogP contribution in [0.2, 0.25) is 10.0 Å². The van der Waals surface area contributed by atoms with Crippen molar-refractivity contribution in [3.05, 3.63) is 52.0 Å². The number of carbonyl (C=O) groups is 1. The number of amides is 1. The molecule has 0 spiro atoms. The van der Waals surface area contributed by atoms with Gasteiger partial charge < -0.3 is 9.84 Å². The van der Waals surface area contributed by atoms with Gasteiger partial charge in [-0.2, -0.15) is 5.10 Å². The summed E-state index contributed by atoms with van der Waals surface area (Å²) >= 11 is 11.9. The van der Waals surface area contributed by atoms with Crippen LogP contribution < -0.4 is 14.5 Å². The second-order valence-electron chi connectivity index (χ2n) is 5.56. The van der Waals surface area contributed by atoms with E-state index in [0.717, 1.165) is 10.6 Å². The Morgan fingerprint density at radius 1 is 1.32 bits per heavy atom. The number of phenolic OH excluding ortho intramolecular Hbond substituents is 1. The molecule has 0 fully saturated rings. The lowest BCUT2D eigenvalue weighted by atomic mass is 10.2. The van der Waals surface area contributed by atoms with Gasteiger partial charge in [0.2, 0.25) is 10.0 Å². The Labute approximate surface area is 172 Å². The number of benzene rings is 2. The van der Waals surface area contributed by atoms with Crippen molar-refractivity contribution in [3.63, 3.8) is 0 Å². The molecule has 1 amide bonds. The monoisotopic (exact) mass is 445 g/mol. The van der Waals surface area contributed by atoms with Crippen molar-refractivity contribution in [2.24, 2.45) is 5.10 Å². The Morgan fingerprint density at radius 2 is 2.04 bits per heavy atom. The van der Waals surface area contributed by atoms with Gasteiger partial charge in [-0.15, -0.1) is 0 Å². The number of aromatic hydroxyl groups is 1. The molecule has 0 saturated carbocycles. The third kappa shape index (κ3) is 5.51. The number of anilines is 1. The van der Waals surface area contributed by atoms with E-state index in [0.29, 0.717) is 5.56 Å². The Hall–Kier alpha value is -2.49. The minimum Gasteiger partial charge on any atom is -0.504 e. The van der Waals surface area contributed by atoms with Gasteiger partial charge in [-0.05, 0) is 30.3 Å². The first-order chi connectivity index (χ1) is 13.1. The summed E-state index contributed by atoms with van der Waals surface area (Å²) in [7, 11) is -2.42. The van der Waals surface area contributed by atoms with Crippen LogP contribution in [-0.4, -0.2) is 45.6 Å². The number of hydrazone groups is 1. The third-order valence-electron chi connectivity index (χ3n) is 3.51. The zero-order chi connectivity index (χ0) is 20.9. The van der Waals surface area contributed by atoms with E-state index in [4.69, 9.17) is 27.9 Å². The highest BCUT2D eigenvalue weighted by Crippen LogP contribution is 2.30. The number of hydrogen-bond donors (Lipinski definition) is 2. The molecule has 0 bridgehead atoms. The number of ether oxygens (including phenoxy) is 1. The molecule has 28 heavy (non-hydrogen) atoms. The van der Waals surface area contributed by atoms with Gasteiger partial charge in [0.1, 0.15) is 6.54 Å². The highest BCUT2D eigenvalue weighted by atomic mass is 35.5. The molecule has 2 rings (SSSR count). The average molecular weight is 446 g/mol. The predicted molar refractivity (Wildman–Crippen MR) is 109 cm³/mol. The first kappa shape index (κ1) is 21.8. The summed E-state index contributed by atoms with van der Waals surface area (Å²) in [5.41, 5.74) is 2.57. The number of nitrogens with zero attached hydrogens (tertiary/aromatic N) is 2. The second-order valence-corrected chi connectivity index (χ2v) is 8.31. The summed E-state index contributed by atoms with van der Waals surface area (Å²) in [5.74, 6) is -0.624. The van der Waals surface area contributed by atoms with Crippen LogP contribution in [0.25, 0.3) is 0 Å². The standard InChI is InChI=1S/C17H17Cl2N3O5S/c1-27-15-5-3-4-11(17(15)24)9-20-21-16(23)10-22(28(2,25)26)14-8-12(18)6-7-13(14)19/h3-9,24H,10H2,1-2H3,(H,21,23)/b20-9-. The molecule has 0 aliphatic rings. The minimum atomic E-state index is -3.82. The molecule has 8 nitrogen and oxygen atoms in total. The van der Waals surface area contributed by atoms with Crippen LogP contribution >= 0.6 is 23.2 Å². The zero-order valence-corrected chi connectivity index (χ0v) is 17.2. The van der Waals surface area contributed by atoms with Crippen LogP contribution in [0.15, 0.2) is 41.5 Å². The largest absolute Gasteiger partial charge is 0.504 e. The number of hydrogen-bond acceptors (Lipinski definition) is 6. The molecule has 0 saturated heterocycles. The number of carbonyl (C=O) groups excluding carboxylic acids is 1. The highest BCUT2D eigenvalue weighted by molar-refractivity contribution is 7.92. The lowest BCUT2D eigenvalue weighted by Crippen LogP contribution is -2.39. The Morgan fingerprint density at radius 3 is 2.68 bits per heavy atom. The molecule has 0 radical (unpaired) electrons. The number of nitrogens with one attached hydrogen (secondary N) is 1. The molecule has 150 valence electrons. The van der Waals surface area contributed by atoms with E-state index >= 15 is 0 Å². The van der Waals surface area contributed by atoms with E-state index in [2.05, 4.69) is 10.5 Å². The number of rotatable bonds is 7. The van der Waals surface area contributed by atoms with Crippen LogP contribution in [0.4, 0.5) is 5.69 Å². The maximum absolute atomic E-state index is 12.2. The van der Waals surface area contributed by atoms with E-state index < -0.39 is 22.5 Å². The summed E-state index contributed by atoms with van der Waals surface area (Å²) in [6.45, 7) is -0.569. The Kier molecular flexibility index (Phi) is 7.11. The second kappa shape index (κ2) is 9.13. The van der Waals surface area contributed by atoms with Crippen molar-refractivity contribution < 1.29 is 23.1 Å². The lowest BCUT2D eigenvalue weighted by Gasteiger charge is -2.22. The summed E-state index contributed by atoms with van der Waals surface area (Å²) in [6.07, 6.45) is 2.14. The van der Waals surface area contributed by atoms with Crippen molar-refractivity contribution in [1.29, 1.82) is 0 Å². The molecule has 2 N–H and O–H groups in total. The fourth-order valence-electron chi connectivity index (χ4n) is 2.21. The average Bonchev–Trinajstić information content (AvgIpc) is 2.62. The SMILES string of the molecule is COc1cccc(/C=N\NC(=O)CN(c2cc(Cl)ccc2Cl)S(C)(=O)=O)c1O. The number of para-hydroxylation sites is 1. The zero-order valence-electron chi connectivity index (χ0n) is 14.9. The number of halogens is 2. The molecule has 2 aromatic carbocycles. The fraction of sp³-hybridized carbons (Fsp3) is 0.176. The van der Waals surface area contributed by atoms with Crippen LogP contribution in [0.5, 0.6) is 11.5 Å². The number of methoxy groups -OCH3 is 1. The van der Waals surface area contributed by atoms with E-state index in [9.17, 15) is 18.3 Å². The summed E-state index contributed by atoms with van der Waals surface area (Å²) in [4.78, 5) is 12.2. The van der Waals surface area contributed by atoms with Crippen molar-refractivity contribution in [2.45, 2.75) is 0 Å². The van der Waals surface area contributed by atoms with Gasteiger partial charge in [0.05, 0.1) is 30.3 Å². The minimum absolute atomic E-state index is 0.0706. The quantitative estimate of drug-likeness (QED) is 0.502. The normalized spacial score (nSPS) is 11.4. The molecule has 0 atom stereocenters. The molecule has 0 aliphatic carbocycles. The molecule has 0 heterocycles. The van der Waals surface area contributed by atoms with E-state index in [1.54, 1.807) is 18.2 Å². The molecule has 2 aromatic rings. The smallest absolute Gasteiger partial charge is 0.260 e. The molecular formula is C17H17Cl2N3O5S. The van der Waals surface area contributed by atoms with Crippen molar-refractivity contribution in [1.82, 2.24) is 5.43 Å². The van der Waals surface area contributed by atoms with Crippen molar-refractivity contribution in [3.8, 4) is 11.5 Å². The molecule has 0 aliphatic heterocycles. The van der Waals surface area contributed by atoms with Crippen molar-refractivity contribution >= 4 is 51.0 Å². The highest BCUT2D eigenvalue weighted by Gasteiger charge is 2.23. The molecule has 0 aromatic heterocycles. The summed E-state index contributed by atoms with van der Waals surface area (Å²) in [6, 6.07) is 9.02. The van der Waals surface area contributed by atoms with Crippen LogP contribution in [0.3, 0.4) is 0 Å². The van der Waals surface area contributed by atoms with Crippen LogP contribution in [-0.2, 0) is 14.8 Å². The maximum Gasteiger partial charge on any atom is 0.260 e. The first-order valence-electron chi connectivity index (χ1n) is 7.74. The van der Waals surface area contributed by atoms with Gasteiger partial charge in [0, 0.05) is 10.6 Å². The molecule has 11 heteroatoms. The molecular weight excluding hydrogens is 429 g/mol. The van der Waals surface area contributed by atoms with Gasteiger partial charge in [-0.3, -0.25) is 9.10 Å². The summed E-state index contributed by atoms with van der Waals surface area (Å²) in [5, 5.41) is 14.1. The summed E-state index contributed by atoms with van der Waals surface area (Å²) < 4.78 is 30.0. The Balaban J connectivity index is 2.16. The maximum atomic E-state index is 12.2. The number of phenols is 1. The Bertz CT molecular complexity index is 1010. The van der Waals surface area contributed by atoms with E-state index in [-0.39, 0.29) is 27.2 Å². The van der Waals surface area contributed by atoms with Gasteiger partial charge in [-0.1, -0.05) is 29.3 Å². The predicted octanol–water partition coefficient (Wildman–Crippen LogP) is 2.62. The molecule has 0 unspecified atom stereocenters. The topological polar surface area (TPSA) is 108 Å². The first-order valence-corrected chi connectivity index (χ1v) is 10.3. The van der Waals surface area contributed by atoms with E-state index in [1.165, 1.54) is 31.5 Å². The van der Waals surface area contributed by atoms with Crippen LogP contribution in [0, 0.1) is 0 Å². The van der Waals surface area contributed by atoms with Gasteiger partial charge in [0.15, 0.2) is 11.5 Å². The van der Waals surface area contributed by atoms with Gasteiger partial charge in [-0.25, -0.2) is 13.8 Å². The van der Waals surface area contributed by atoms with Gasteiger partial charge >= 0.3 is 0 Å². The number of sulfonamides is 1. The third-order valence-corrected chi connectivity index (χ3v) is 5.19.